The van der Waals surface area contributed by atoms with Gasteiger partial charge in [0, 0.05) is 35.5 Å². The van der Waals surface area contributed by atoms with Gasteiger partial charge < -0.3 is 10.2 Å². The fourth-order valence-electron chi connectivity index (χ4n) is 2.17. The Morgan fingerprint density at radius 3 is 2.33 bits per heavy atom. The van der Waals surface area contributed by atoms with Crippen molar-refractivity contribution in [1.29, 1.82) is 0 Å². The van der Waals surface area contributed by atoms with E-state index >= 15 is 0 Å². The van der Waals surface area contributed by atoms with Crippen molar-refractivity contribution in [3.05, 3.63) is 59.1 Å². The van der Waals surface area contributed by atoms with E-state index in [0.717, 1.165) is 17.3 Å². The zero-order valence-electron chi connectivity index (χ0n) is 13.2. The Morgan fingerprint density at radius 1 is 1.05 bits per heavy atom. The summed E-state index contributed by atoms with van der Waals surface area (Å²) in [6.45, 7) is 7.28. The summed E-state index contributed by atoms with van der Waals surface area (Å²) in [7, 11) is 2.08. The van der Waals surface area contributed by atoms with Gasteiger partial charge in [-0.3, -0.25) is 0 Å². The lowest BCUT2D eigenvalue weighted by atomic mass is 10.1. The van der Waals surface area contributed by atoms with E-state index in [1.807, 2.05) is 18.2 Å². The van der Waals surface area contributed by atoms with E-state index in [1.54, 1.807) is 0 Å². The van der Waals surface area contributed by atoms with Gasteiger partial charge in [-0.1, -0.05) is 29.8 Å². The molecule has 0 fully saturated rings. The van der Waals surface area contributed by atoms with Crippen LogP contribution >= 0.6 is 11.6 Å². The number of hydrogen-bond acceptors (Lipinski definition) is 2. The van der Waals surface area contributed by atoms with Gasteiger partial charge in [0.05, 0.1) is 0 Å². The van der Waals surface area contributed by atoms with E-state index in [2.05, 4.69) is 68.4 Å². The first-order chi connectivity index (χ1) is 9.87. The topological polar surface area (TPSA) is 15.3 Å². The van der Waals surface area contributed by atoms with Gasteiger partial charge in [0.1, 0.15) is 0 Å². The molecule has 2 nitrogen and oxygen atoms in total. The molecule has 1 N–H and O–H groups in total. The second-order valence-electron chi connectivity index (χ2n) is 6.27. The lowest BCUT2D eigenvalue weighted by molar-refractivity contribution is 0.424. The molecule has 2 rings (SSSR count). The van der Waals surface area contributed by atoms with Gasteiger partial charge in [-0.25, -0.2) is 0 Å². The van der Waals surface area contributed by atoms with Crippen molar-refractivity contribution in [2.24, 2.45) is 0 Å². The maximum absolute atomic E-state index is 6.17. The Hall–Kier alpha value is -1.51. The minimum atomic E-state index is 0.0743. The molecule has 0 saturated carbocycles. The first kappa shape index (κ1) is 15.9. The molecule has 0 amide bonds. The summed E-state index contributed by atoms with van der Waals surface area (Å²) in [6, 6.07) is 16.4. The maximum Gasteiger partial charge on any atom is 0.0454 e. The van der Waals surface area contributed by atoms with E-state index in [4.69, 9.17) is 11.6 Å². The van der Waals surface area contributed by atoms with Gasteiger partial charge in [0.2, 0.25) is 0 Å². The summed E-state index contributed by atoms with van der Waals surface area (Å²) in [5.74, 6) is 0. The fourth-order valence-corrected chi connectivity index (χ4v) is 2.37. The molecular weight excluding hydrogens is 280 g/mol. The first-order valence-corrected chi connectivity index (χ1v) is 7.57. The molecule has 21 heavy (non-hydrogen) atoms. The maximum atomic E-state index is 6.17. The molecule has 0 aromatic heterocycles. The molecule has 0 bridgehead atoms. The lowest BCUT2D eigenvalue weighted by Gasteiger charge is -2.26. The van der Waals surface area contributed by atoms with Crippen molar-refractivity contribution in [3.63, 3.8) is 0 Å². The highest BCUT2D eigenvalue weighted by Crippen LogP contribution is 2.29. The number of nitrogens with zero attached hydrogens (tertiary/aromatic N) is 1. The second kappa shape index (κ2) is 6.50. The number of benzene rings is 2. The van der Waals surface area contributed by atoms with Crippen molar-refractivity contribution in [2.75, 3.05) is 11.9 Å². The molecule has 0 saturated heterocycles. The molecular formula is C18H23ClN2. The van der Waals surface area contributed by atoms with Crippen LogP contribution in [0.5, 0.6) is 0 Å². The average Bonchev–Trinajstić information content (AvgIpc) is 2.45. The summed E-state index contributed by atoms with van der Waals surface area (Å²) in [4.78, 5) is 2.19. The van der Waals surface area contributed by atoms with E-state index in [1.165, 1.54) is 11.3 Å². The molecule has 0 aliphatic carbocycles. The van der Waals surface area contributed by atoms with Gasteiger partial charge >= 0.3 is 0 Å². The van der Waals surface area contributed by atoms with E-state index in [0.29, 0.717) is 0 Å². The standard InChI is InChI=1S/C18H23ClN2/c1-18(2,3)20-13-14-12-15(19)10-11-17(14)21(4)16-8-6-5-7-9-16/h5-12,20H,13H2,1-4H3. The number of hydrogen-bond donors (Lipinski definition) is 1. The van der Waals surface area contributed by atoms with E-state index < -0.39 is 0 Å². The van der Waals surface area contributed by atoms with Crippen molar-refractivity contribution in [2.45, 2.75) is 32.9 Å². The van der Waals surface area contributed by atoms with Crippen molar-refractivity contribution in [3.8, 4) is 0 Å². The average molecular weight is 303 g/mol. The van der Waals surface area contributed by atoms with Crippen LogP contribution in [-0.4, -0.2) is 12.6 Å². The van der Waals surface area contributed by atoms with Gasteiger partial charge in [-0.2, -0.15) is 0 Å². The molecule has 0 atom stereocenters. The molecule has 0 aliphatic heterocycles. The monoisotopic (exact) mass is 302 g/mol. The number of rotatable bonds is 4. The van der Waals surface area contributed by atoms with Crippen LogP contribution in [0, 0.1) is 0 Å². The largest absolute Gasteiger partial charge is 0.344 e. The molecule has 3 heteroatoms. The molecule has 2 aromatic carbocycles. The van der Waals surface area contributed by atoms with Gasteiger partial charge in [0.15, 0.2) is 0 Å². The highest BCUT2D eigenvalue weighted by molar-refractivity contribution is 6.30. The Labute approximate surface area is 132 Å². The Balaban J connectivity index is 2.30. The molecule has 0 aliphatic rings. The highest BCUT2D eigenvalue weighted by atomic mass is 35.5. The second-order valence-corrected chi connectivity index (χ2v) is 6.71. The van der Waals surface area contributed by atoms with Crippen LogP contribution in [0.3, 0.4) is 0 Å². The molecule has 0 spiro atoms. The van der Waals surface area contributed by atoms with Crippen LogP contribution in [-0.2, 0) is 6.54 Å². The van der Waals surface area contributed by atoms with Crippen LogP contribution in [0.25, 0.3) is 0 Å². The summed E-state index contributed by atoms with van der Waals surface area (Å²) < 4.78 is 0. The van der Waals surface area contributed by atoms with Crippen molar-refractivity contribution >= 4 is 23.0 Å². The number of anilines is 2. The Kier molecular flexibility index (Phi) is 4.92. The summed E-state index contributed by atoms with van der Waals surface area (Å²) in [5, 5.41) is 4.30. The predicted octanol–water partition coefficient (Wildman–Crippen LogP) is 5.00. The zero-order chi connectivity index (χ0) is 15.5. The third kappa shape index (κ3) is 4.48. The minimum absolute atomic E-state index is 0.0743. The third-order valence-corrected chi connectivity index (χ3v) is 3.59. The Bertz CT molecular complexity index is 588. The van der Waals surface area contributed by atoms with Gasteiger partial charge in [-0.15, -0.1) is 0 Å². The normalized spacial score (nSPS) is 11.5. The fraction of sp³-hybridized carbons (Fsp3) is 0.333. The van der Waals surface area contributed by atoms with Crippen molar-refractivity contribution < 1.29 is 0 Å². The number of halogens is 1. The zero-order valence-corrected chi connectivity index (χ0v) is 13.9. The number of para-hydroxylation sites is 1. The van der Waals surface area contributed by atoms with Crippen molar-refractivity contribution in [1.82, 2.24) is 5.32 Å². The third-order valence-electron chi connectivity index (χ3n) is 3.36. The lowest BCUT2D eigenvalue weighted by Crippen LogP contribution is -2.35. The van der Waals surface area contributed by atoms with Crippen LogP contribution < -0.4 is 10.2 Å². The molecule has 0 unspecified atom stereocenters. The van der Waals surface area contributed by atoms with E-state index in [-0.39, 0.29) is 5.54 Å². The SMILES string of the molecule is CN(c1ccccc1)c1ccc(Cl)cc1CNC(C)(C)C. The molecule has 0 radical (unpaired) electrons. The van der Waals surface area contributed by atoms with E-state index in [9.17, 15) is 0 Å². The van der Waals surface area contributed by atoms with Crippen LogP contribution in [0.15, 0.2) is 48.5 Å². The summed E-state index contributed by atoms with van der Waals surface area (Å²) in [6.07, 6.45) is 0. The van der Waals surface area contributed by atoms with Gasteiger partial charge in [0.25, 0.3) is 0 Å². The molecule has 0 heterocycles. The Morgan fingerprint density at radius 2 is 1.71 bits per heavy atom. The summed E-state index contributed by atoms with van der Waals surface area (Å²) >= 11 is 6.17. The van der Waals surface area contributed by atoms with Gasteiger partial charge in [-0.05, 0) is 56.7 Å². The summed E-state index contributed by atoms with van der Waals surface area (Å²) in [5.41, 5.74) is 3.60. The number of nitrogens with one attached hydrogen (secondary N) is 1. The quantitative estimate of drug-likeness (QED) is 0.855. The first-order valence-electron chi connectivity index (χ1n) is 7.19. The molecule has 2 aromatic rings. The smallest absolute Gasteiger partial charge is 0.0454 e. The highest BCUT2D eigenvalue weighted by Gasteiger charge is 2.13. The molecule has 112 valence electrons. The van der Waals surface area contributed by atoms with Crippen LogP contribution in [0.1, 0.15) is 26.3 Å². The van der Waals surface area contributed by atoms with Crippen LogP contribution in [0.2, 0.25) is 5.02 Å². The van der Waals surface area contributed by atoms with Crippen LogP contribution in [0.4, 0.5) is 11.4 Å². The minimum Gasteiger partial charge on any atom is -0.344 e. The predicted molar refractivity (Wildman–Crippen MR) is 92.5 cm³/mol.